The molecule has 2 aliphatic rings. The van der Waals surface area contributed by atoms with E-state index >= 15 is 0 Å². The Morgan fingerprint density at radius 1 is 1.31 bits per heavy atom. The lowest BCUT2D eigenvalue weighted by Crippen LogP contribution is -2.72. The first-order valence-electron chi connectivity index (χ1n) is 8.11. The summed E-state index contributed by atoms with van der Waals surface area (Å²) in [6.45, 7) is 4.33. The quantitative estimate of drug-likeness (QED) is 0.563. The van der Waals surface area contributed by atoms with Gasteiger partial charge in [-0.15, -0.1) is 5.92 Å². The molecule has 1 saturated heterocycles. The molecule has 0 aromatic carbocycles. The summed E-state index contributed by atoms with van der Waals surface area (Å²) < 4.78 is 5.53. The Morgan fingerprint density at radius 3 is 2.42 bits per heavy atom. The largest absolute Gasteiger partial charge is 0.477 e. The molecule has 2 heterocycles. The van der Waals surface area contributed by atoms with Gasteiger partial charge in [-0.3, -0.25) is 9.80 Å². The summed E-state index contributed by atoms with van der Waals surface area (Å²) >= 11 is 0. The number of aliphatic carboxylic acids is 1. The van der Waals surface area contributed by atoms with Crippen LogP contribution >= 0.6 is 0 Å². The minimum atomic E-state index is -1.76. The second-order valence-electron chi connectivity index (χ2n) is 5.60. The predicted octanol–water partition coefficient (Wildman–Crippen LogP) is -0.322. The van der Waals surface area contributed by atoms with Crippen LogP contribution in [0.2, 0.25) is 0 Å². The van der Waals surface area contributed by atoms with Gasteiger partial charge in [-0.2, -0.15) is 5.26 Å². The molecular weight excluding hydrogens is 342 g/mol. The Labute approximate surface area is 151 Å². The molecule has 26 heavy (non-hydrogen) atoms. The van der Waals surface area contributed by atoms with Gasteiger partial charge in [0.15, 0.2) is 5.70 Å². The summed E-state index contributed by atoms with van der Waals surface area (Å²) in [5.41, 5.74) is 0.00724. The third-order valence-electron chi connectivity index (χ3n) is 4.26. The van der Waals surface area contributed by atoms with Crippen molar-refractivity contribution in [2.75, 3.05) is 39.3 Å². The number of allylic oxidation sites excluding steroid dienone is 1. The van der Waals surface area contributed by atoms with Crippen molar-refractivity contribution in [2.24, 2.45) is 0 Å². The van der Waals surface area contributed by atoms with E-state index in [1.807, 2.05) is 6.07 Å². The van der Waals surface area contributed by atoms with Gasteiger partial charge in [-0.25, -0.2) is 9.59 Å². The molecule has 10 nitrogen and oxygen atoms in total. The fourth-order valence-corrected chi connectivity index (χ4v) is 3.06. The fraction of sp³-hybridized carbons (Fsp3) is 0.562. The Morgan fingerprint density at radius 2 is 1.96 bits per heavy atom. The number of amides is 1. The van der Waals surface area contributed by atoms with Crippen molar-refractivity contribution in [3.8, 4) is 17.9 Å². The third-order valence-corrected chi connectivity index (χ3v) is 4.26. The van der Waals surface area contributed by atoms with Crippen LogP contribution in [0.1, 0.15) is 13.8 Å². The zero-order chi connectivity index (χ0) is 19.3. The van der Waals surface area contributed by atoms with Crippen LogP contribution in [-0.4, -0.2) is 82.1 Å². The zero-order valence-electron chi connectivity index (χ0n) is 14.7. The van der Waals surface area contributed by atoms with Crippen molar-refractivity contribution in [1.29, 1.82) is 5.26 Å². The maximum absolute atomic E-state index is 12.3. The van der Waals surface area contributed by atoms with E-state index in [0.29, 0.717) is 0 Å². The van der Waals surface area contributed by atoms with E-state index in [2.05, 4.69) is 17.2 Å². The minimum absolute atomic E-state index is 0.00724. The van der Waals surface area contributed by atoms with E-state index in [0.717, 1.165) is 0 Å². The summed E-state index contributed by atoms with van der Waals surface area (Å²) in [4.78, 5) is 27.6. The van der Waals surface area contributed by atoms with Crippen molar-refractivity contribution < 1.29 is 24.5 Å². The molecule has 140 valence electrons. The number of piperazine rings is 1. The van der Waals surface area contributed by atoms with Crippen molar-refractivity contribution in [3.05, 3.63) is 11.6 Å². The lowest BCUT2D eigenvalue weighted by Gasteiger charge is -2.46. The van der Waals surface area contributed by atoms with Crippen molar-refractivity contribution >= 4 is 12.1 Å². The predicted molar refractivity (Wildman–Crippen MR) is 89.1 cm³/mol. The molecule has 2 rings (SSSR count). The lowest BCUT2D eigenvalue weighted by molar-refractivity contribution is -0.171. The van der Waals surface area contributed by atoms with Crippen molar-refractivity contribution in [3.63, 3.8) is 0 Å². The van der Waals surface area contributed by atoms with Gasteiger partial charge in [0.25, 0.3) is 5.79 Å². The number of nitrogens with zero attached hydrogens (tertiary/aromatic N) is 4. The van der Waals surface area contributed by atoms with Crippen molar-refractivity contribution in [2.45, 2.75) is 19.6 Å². The first-order chi connectivity index (χ1) is 12.4. The molecule has 3 N–H and O–H groups in total. The summed E-state index contributed by atoms with van der Waals surface area (Å²) in [6.07, 6.45) is -1.05. The first-order valence-corrected chi connectivity index (χ1v) is 8.11. The normalized spacial score (nSPS) is 23.0. The van der Waals surface area contributed by atoms with Crippen LogP contribution in [0.5, 0.6) is 0 Å². The van der Waals surface area contributed by atoms with Gasteiger partial charge in [0, 0.05) is 26.2 Å². The molecule has 0 bridgehead atoms. The van der Waals surface area contributed by atoms with E-state index in [4.69, 9.17) is 9.84 Å². The summed E-state index contributed by atoms with van der Waals surface area (Å²) in [7, 11) is 0. The number of nitrogens with one attached hydrogen (secondary N) is 1. The number of hydrogen-bond acceptors (Lipinski definition) is 7. The summed E-state index contributed by atoms with van der Waals surface area (Å²) in [5, 5.41) is 31.3. The van der Waals surface area contributed by atoms with Gasteiger partial charge in [0.2, 0.25) is 5.88 Å². The topological polar surface area (TPSA) is 129 Å². The molecule has 2 aliphatic heterocycles. The molecule has 0 aromatic rings. The Bertz CT molecular complexity index is 711. The number of ether oxygens (including phenoxy) is 1. The van der Waals surface area contributed by atoms with Gasteiger partial charge >= 0.3 is 12.1 Å². The highest BCUT2D eigenvalue weighted by Gasteiger charge is 2.57. The lowest BCUT2D eigenvalue weighted by atomic mass is 10.2. The average molecular weight is 363 g/mol. The van der Waals surface area contributed by atoms with Gasteiger partial charge < -0.3 is 25.2 Å². The van der Waals surface area contributed by atoms with Crippen LogP contribution in [0.25, 0.3) is 0 Å². The highest BCUT2D eigenvalue weighted by atomic mass is 16.5. The monoisotopic (exact) mass is 363 g/mol. The standard InChI is InChI=1S/C16H21N5O5/c1-3-5-6-21-13(26-4-2)12(11-17)18-16(21,14(22)23)20-9-7-19(8-10-20)15(24)25/h18H,4,6-10H2,1-2H3,(H,22,23)(H,24,25). The third kappa shape index (κ3) is 3.19. The number of carboxylic acid groups (broad SMARTS) is 2. The smallest absolute Gasteiger partial charge is 0.407 e. The SMILES string of the molecule is CC#CCN1C(OCC)=C(C#N)NC1(C(=O)O)N1CCN(C(=O)O)CC1. The number of carbonyl (C=O) groups is 2. The van der Waals surface area contributed by atoms with Crippen LogP contribution in [-0.2, 0) is 9.53 Å². The molecule has 0 radical (unpaired) electrons. The van der Waals surface area contributed by atoms with Gasteiger partial charge in [0.1, 0.15) is 6.07 Å². The number of carboxylic acids is 1. The van der Waals surface area contributed by atoms with E-state index in [1.54, 1.807) is 18.7 Å². The summed E-state index contributed by atoms with van der Waals surface area (Å²) in [6, 6.07) is 1.94. The Kier molecular flexibility index (Phi) is 5.80. The molecule has 0 spiro atoms. The molecule has 1 fully saturated rings. The van der Waals surface area contributed by atoms with Gasteiger partial charge in [-0.1, -0.05) is 5.92 Å². The average Bonchev–Trinajstić information content (AvgIpc) is 2.95. The fourth-order valence-electron chi connectivity index (χ4n) is 3.06. The van der Waals surface area contributed by atoms with Crippen molar-refractivity contribution in [1.82, 2.24) is 20.0 Å². The molecule has 0 aromatic heterocycles. The molecule has 10 heteroatoms. The van der Waals surface area contributed by atoms with Crippen LogP contribution in [0.15, 0.2) is 11.6 Å². The summed E-state index contributed by atoms with van der Waals surface area (Å²) in [5.74, 6) is 2.68. The van der Waals surface area contributed by atoms with Crippen LogP contribution < -0.4 is 5.32 Å². The number of hydrogen-bond donors (Lipinski definition) is 3. The molecule has 1 amide bonds. The molecule has 0 aliphatic carbocycles. The highest BCUT2D eigenvalue weighted by Crippen LogP contribution is 2.33. The van der Waals surface area contributed by atoms with E-state index in [9.17, 15) is 20.0 Å². The second-order valence-corrected chi connectivity index (χ2v) is 5.60. The first kappa shape index (κ1) is 19.2. The van der Waals surface area contributed by atoms with Crippen LogP contribution in [0.3, 0.4) is 0 Å². The van der Waals surface area contributed by atoms with E-state index in [-0.39, 0.29) is 50.9 Å². The molecule has 1 unspecified atom stereocenters. The Hall–Kier alpha value is -3.11. The molecule has 0 saturated carbocycles. The second kappa shape index (κ2) is 7.85. The van der Waals surface area contributed by atoms with Crippen LogP contribution in [0.4, 0.5) is 4.79 Å². The van der Waals surface area contributed by atoms with E-state index in [1.165, 1.54) is 9.80 Å². The van der Waals surface area contributed by atoms with E-state index < -0.39 is 17.8 Å². The Balaban J connectivity index is 2.42. The minimum Gasteiger partial charge on any atom is -0.477 e. The van der Waals surface area contributed by atoms with Crippen LogP contribution in [0, 0.1) is 23.2 Å². The number of rotatable bonds is 5. The zero-order valence-corrected chi connectivity index (χ0v) is 14.7. The highest BCUT2D eigenvalue weighted by molar-refractivity contribution is 5.80. The maximum Gasteiger partial charge on any atom is 0.407 e. The van der Waals surface area contributed by atoms with Gasteiger partial charge in [0.05, 0.1) is 13.2 Å². The molecular formula is C16H21N5O5. The number of nitriles is 1. The molecule has 1 atom stereocenters. The maximum atomic E-state index is 12.3. The van der Waals surface area contributed by atoms with Gasteiger partial charge in [-0.05, 0) is 13.8 Å².